The van der Waals surface area contributed by atoms with E-state index in [0.717, 1.165) is 61.8 Å². The molecule has 8 heteroatoms. The molecule has 31 heavy (non-hydrogen) atoms. The van der Waals surface area contributed by atoms with Gasteiger partial charge in [0.2, 0.25) is 0 Å². The Kier molecular flexibility index (Phi) is 5.44. The fourth-order valence-corrected chi connectivity index (χ4v) is 6.59. The maximum atomic E-state index is 13.2. The number of nitrogens with zero attached hydrogens (tertiary/aromatic N) is 4. The van der Waals surface area contributed by atoms with Crippen molar-refractivity contribution >= 4 is 26.6 Å². The maximum Gasteiger partial charge on any atom is 0.150 e. The number of anilines is 1. The van der Waals surface area contributed by atoms with Crippen LogP contribution in [0.1, 0.15) is 12.2 Å². The van der Waals surface area contributed by atoms with Crippen molar-refractivity contribution in [3.05, 3.63) is 60.2 Å². The summed E-state index contributed by atoms with van der Waals surface area (Å²) >= 11 is 0. The van der Waals surface area contributed by atoms with Crippen molar-refractivity contribution in [2.45, 2.75) is 19.5 Å². The topological polar surface area (TPSA) is 58.4 Å². The van der Waals surface area contributed by atoms with Crippen LogP contribution in [0.4, 0.5) is 10.1 Å². The van der Waals surface area contributed by atoms with Crippen LogP contribution in [0.3, 0.4) is 0 Å². The van der Waals surface area contributed by atoms with Gasteiger partial charge in [-0.25, -0.2) is 17.8 Å². The normalized spacial score (nSPS) is 21.7. The van der Waals surface area contributed by atoms with E-state index in [0.29, 0.717) is 12.2 Å². The summed E-state index contributed by atoms with van der Waals surface area (Å²) in [6.45, 7) is 4.32. The van der Waals surface area contributed by atoms with Crippen molar-refractivity contribution in [3.8, 4) is 0 Å². The lowest BCUT2D eigenvalue weighted by atomic mass is 10.1. The first-order valence-corrected chi connectivity index (χ1v) is 12.7. The van der Waals surface area contributed by atoms with Gasteiger partial charge in [-0.1, -0.05) is 12.1 Å². The lowest BCUT2D eigenvalue weighted by molar-refractivity contribution is 0.205. The second-order valence-corrected chi connectivity index (χ2v) is 10.9. The Hall–Kier alpha value is -2.45. The smallest absolute Gasteiger partial charge is 0.150 e. The Labute approximate surface area is 182 Å². The molecule has 2 aliphatic rings. The molecule has 2 fully saturated rings. The first-order chi connectivity index (χ1) is 15.0. The van der Waals surface area contributed by atoms with E-state index in [9.17, 15) is 12.8 Å². The molecule has 3 heterocycles. The van der Waals surface area contributed by atoms with Crippen LogP contribution in [0.25, 0.3) is 11.0 Å². The third-order valence-corrected chi connectivity index (χ3v) is 8.27. The number of sulfone groups is 1. The van der Waals surface area contributed by atoms with Crippen LogP contribution in [0.15, 0.2) is 48.5 Å². The van der Waals surface area contributed by atoms with Gasteiger partial charge in [-0.15, -0.1) is 0 Å². The average molecular weight is 443 g/mol. The molecule has 5 rings (SSSR count). The summed E-state index contributed by atoms with van der Waals surface area (Å²) in [7, 11) is -2.90. The predicted octanol–water partition coefficient (Wildman–Crippen LogP) is 2.93. The third-order valence-electron chi connectivity index (χ3n) is 6.44. The van der Waals surface area contributed by atoms with Gasteiger partial charge in [0.15, 0.2) is 9.84 Å². The highest BCUT2D eigenvalue weighted by atomic mass is 32.2. The molecule has 0 bridgehead atoms. The minimum atomic E-state index is -2.90. The second-order valence-electron chi connectivity index (χ2n) is 8.64. The Balaban J connectivity index is 1.31. The summed E-state index contributed by atoms with van der Waals surface area (Å²) in [5, 5.41) is 0. The summed E-state index contributed by atoms with van der Waals surface area (Å²) in [4.78, 5) is 9.55. The number of para-hydroxylation sites is 2. The summed E-state index contributed by atoms with van der Waals surface area (Å²) in [6, 6.07) is 14.8. The Bertz CT molecular complexity index is 1170. The van der Waals surface area contributed by atoms with Crippen LogP contribution in [0, 0.1) is 11.7 Å². The van der Waals surface area contributed by atoms with E-state index in [1.54, 1.807) is 0 Å². The molecule has 1 atom stereocenters. The van der Waals surface area contributed by atoms with Crippen LogP contribution in [0.2, 0.25) is 0 Å². The highest BCUT2D eigenvalue weighted by Gasteiger charge is 2.30. The summed E-state index contributed by atoms with van der Waals surface area (Å²) < 4.78 is 39.3. The van der Waals surface area contributed by atoms with E-state index >= 15 is 0 Å². The van der Waals surface area contributed by atoms with E-state index in [-0.39, 0.29) is 17.5 Å². The molecular formula is C23H27FN4O2S. The number of benzene rings is 2. The number of hydrogen-bond acceptors (Lipinski definition) is 5. The quantitative estimate of drug-likeness (QED) is 0.608. The van der Waals surface area contributed by atoms with Crippen LogP contribution in [0.5, 0.6) is 0 Å². The van der Waals surface area contributed by atoms with Gasteiger partial charge in [-0.2, -0.15) is 0 Å². The number of fused-ring (bicyclic) bond motifs is 1. The third kappa shape index (κ3) is 4.45. The molecule has 6 nitrogen and oxygen atoms in total. The zero-order valence-electron chi connectivity index (χ0n) is 17.5. The van der Waals surface area contributed by atoms with Crippen LogP contribution in [-0.4, -0.2) is 60.6 Å². The molecule has 0 amide bonds. The molecule has 164 valence electrons. The van der Waals surface area contributed by atoms with E-state index in [1.807, 2.05) is 30.3 Å². The Morgan fingerprint density at radius 2 is 1.74 bits per heavy atom. The molecule has 1 aromatic heterocycles. The molecule has 2 saturated heterocycles. The maximum absolute atomic E-state index is 13.2. The molecule has 0 spiro atoms. The molecule has 0 saturated carbocycles. The van der Waals surface area contributed by atoms with Crippen LogP contribution < -0.4 is 4.90 Å². The van der Waals surface area contributed by atoms with Crippen LogP contribution in [-0.2, 0) is 22.9 Å². The lowest BCUT2D eigenvalue weighted by Gasteiger charge is -2.36. The first-order valence-electron chi connectivity index (χ1n) is 10.8. The van der Waals surface area contributed by atoms with Gasteiger partial charge in [0.05, 0.1) is 29.2 Å². The number of aromatic nitrogens is 2. The fourth-order valence-electron chi connectivity index (χ4n) is 4.73. The van der Waals surface area contributed by atoms with Gasteiger partial charge in [-0.05, 0) is 48.7 Å². The average Bonchev–Trinajstić information content (AvgIpc) is 3.28. The van der Waals surface area contributed by atoms with Gasteiger partial charge in [-0.3, -0.25) is 4.90 Å². The zero-order chi connectivity index (χ0) is 21.4. The lowest BCUT2D eigenvalue weighted by Crippen LogP contribution is -2.47. The van der Waals surface area contributed by atoms with Crippen molar-refractivity contribution in [3.63, 3.8) is 0 Å². The number of hydrogen-bond donors (Lipinski definition) is 0. The fraction of sp³-hybridized carbons (Fsp3) is 0.435. The van der Waals surface area contributed by atoms with Crippen molar-refractivity contribution < 1.29 is 12.8 Å². The van der Waals surface area contributed by atoms with Gasteiger partial charge in [0, 0.05) is 38.3 Å². The molecule has 0 radical (unpaired) electrons. The molecule has 3 aromatic rings. The standard InChI is InChI=1S/C23H27FN4O2S/c24-19-5-7-20(8-6-19)27-12-10-26(11-13-27)17-28-22-4-2-1-3-21(22)25-23(28)15-18-9-14-31(29,30)16-18/h1-8,18H,9-17H2/t18-/m1/s1. The largest absolute Gasteiger partial charge is 0.369 e. The molecule has 2 aliphatic heterocycles. The minimum absolute atomic E-state index is 0.149. The van der Waals surface area contributed by atoms with Gasteiger partial charge < -0.3 is 9.47 Å². The Morgan fingerprint density at radius 1 is 1.00 bits per heavy atom. The number of rotatable bonds is 5. The van der Waals surface area contributed by atoms with Gasteiger partial charge >= 0.3 is 0 Å². The SMILES string of the molecule is O=S1(=O)CC[C@H](Cc2nc3ccccc3n2CN2CCN(c3ccc(F)cc3)CC2)C1. The monoisotopic (exact) mass is 442 g/mol. The summed E-state index contributed by atoms with van der Waals surface area (Å²) in [6.07, 6.45) is 1.42. The van der Waals surface area contributed by atoms with Crippen molar-refractivity contribution in [2.75, 3.05) is 42.6 Å². The Morgan fingerprint density at radius 3 is 2.45 bits per heavy atom. The van der Waals surface area contributed by atoms with Gasteiger partial charge in [0.1, 0.15) is 11.6 Å². The number of imidazole rings is 1. The summed E-state index contributed by atoms with van der Waals surface area (Å²) in [5.74, 6) is 1.48. The molecule has 0 N–H and O–H groups in total. The van der Waals surface area contributed by atoms with E-state index in [1.165, 1.54) is 12.1 Å². The summed E-state index contributed by atoms with van der Waals surface area (Å²) in [5.41, 5.74) is 3.11. The zero-order valence-corrected chi connectivity index (χ0v) is 18.3. The molecule has 0 unspecified atom stereocenters. The number of halogens is 1. The van der Waals surface area contributed by atoms with Crippen molar-refractivity contribution in [2.24, 2.45) is 5.92 Å². The van der Waals surface area contributed by atoms with E-state index in [4.69, 9.17) is 4.98 Å². The first kappa shape index (κ1) is 20.5. The molecular weight excluding hydrogens is 415 g/mol. The second kappa shape index (κ2) is 8.24. The minimum Gasteiger partial charge on any atom is -0.369 e. The number of piperazine rings is 1. The van der Waals surface area contributed by atoms with E-state index in [2.05, 4.69) is 20.4 Å². The highest BCUT2D eigenvalue weighted by Crippen LogP contribution is 2.25. The van der Waals surface area contributed by atoms with Crippen molar-refractivity contribution in [1.29, 1.82) is 0 Å². The molecule has 2 aromatic carbocycles. The highest BCUT2D eigenvalue weighted by molar-refractivity contribution is 7.91. The van der Waals surface area contributed by atoms with E-state index < -0.39 is 9.84 Å². The van der Waals surface area contributed by atoms with Crippen LogP contribution >= 0.6 is 0 Å². The van der Waals surface area contributed by atoms with Gasteiger partial charge in [0.25, 0.3) is 0 Å². The molecule has 0 aliphatic carbocycles. The predicted molar refractivity (Wildman–Crippen MR) is 120 cm³/mol. The van der Waals surface area contributed by atoms with Crippen molar-refractivity contribution in [1.82, 2.24) is 14.5 Å².